The number of para-hydroxylation sites is 2. The van der Waals surface area contributed by atoms with E-state index in [4.69, 9.17) is 0 Å². The van der Waals surface area contributed by atoms with E-state index in [0.717, 1.165) is 4.90 Å². The Hall–Kier alpha value is -1.43. The van der Waals surface area contributed by atoms with E-state index in [0.29, 0.717) is 0 Å². The molecule has 177 valence electrons. The van der Waals surface area contributed by atoms with E-state index in [1.807, 2.05) is 108 Å². The Labute approximate surface area is 225 Å². The van der Waals surface area contributed by atoms with Gasteiger partial charge in [0.05, 0.1) is 0 Å². The van der Waals surface area contributed by atoms with Crippen molar-refractivity contribution in [2.45, 2.75) is 52.7 Å². The number of benzene rings is 3. The monoisotopic (exact) mass is 540 g/mol. The van der Waals surface area contributed by atoms with Gasteiger partial charge in [-0.05, 0) is 24.3 Å². The largest absolute Gasteiger partial charge is 0.586 e. The van der Waals surface area contributed by atoms with E-state index in [1.165, 1.54) is 12.1 Å². The second kappa shape index (κ2) is 25.8. The zero-order chi connectivity index (χ0) is 23.3. The molecule has 4 rings (SSSR count). The van der Waals surface area contributed by atoms with Gasteiger partial charge in [-0.25, -0.2) is 0 Å². The van der Waals surface area contributed by atoms with Crippen molar-refractivity contribution in [1.82, 2.24) is 0 Å². The molecule has 1 radical (unpaired) electrons. The van der Waals surface area contributed by atoms with Crippen molar-refractivity contribution < 1.29 is 51.0 Å². The minimum Gasteiger partial charge on any atom is -0.395 e. The average Bonchev–Trinajstić information content (AvgIpc) is 3.14. The molecule has 0 N–H and O–H groups in total. The Morgan fingerprint density at radius 1 is 0.562 bits per heavy atom. The van der Waals surface area contributed by atoms with Gasteiger partial charge in [0, 0.05) is 37.6 Å². The molecule has 0 spiro atoms. The molecule has 3 aromatic carbocycles. The predicted octanol–water partition coefficient (Wildman–Crippen LogP) is 9.20. The van der Waals surface area contributed by atoms with Crippen LogP contribution in [-0.2, 0) is 32.7 Å². The number of alkyl halides is 2. The second-order valence-electron chi connectivity index (χ2n) is 4.60. The van der Waals surface area contributed by atoms with Crippen LogP contribution in [0.15, 0.2) is 95.9 Å². The molecule has 1 aliphatic heterocycles. The summed E-state index contributed by atoms with van der Waals surface area (Å²) in [6.45, 7) is 12.0. The van der Waals surface area contributed by atoms with E-state index < -0.39 is 6.29 Å². The van der Waals surface area contributed by atoms with Gasteiger partial charge in [-0.15, -0.1) is 21.4 Å². The van der Waals surface area contributed by atoms with Crippen LogP contribution in [0.25, 0.3) is 0 Å². The first-order valence-electron chi connectivity index (χ1n) is 10.2. The maximum atomic E-state index is 12.3. The molecule has 0 saturated carbocycles. The summed E-state index contributed by atoms with van der Waals surface area (Å²) in [5.74, 6) is 0.162. The van der Waals surface area contributed by atoms with Gasteiger partial charge in [-0.2, -0.15) is 0 Å². The molecule has 32 heavy (non-hydrogen) atoms. The van der Waals surface area contributed by atoms with Crippen LogP contribution in [-0.4, -0.2) is 6.29 Å². The van der Waals surface area contributed by atoms with Crippen molar-refractivity contribution in [2.75, 3.05) is 0 Å². The Morgan fingerprint density at radius 2 is 0.812 bits per heavy atom. The Bertz CT molecular complexity index is 676. The van der Waals surface area contributed by atoms with Crippen LogP contribution in [0.4, 0.5) is 8.78 Å². The molecule has 2 nitrogen and oxygen atoms in total. The van der Waals surface area contributed by atoms with Crippen LogP contribution in [0.1, 0.15) is 41.5 Å². The molecule has 1 aliphatic rings. The minimum absolute atomic E-state index is 0. The molecular weight excluding hydrogens is 503 g/mol. The van der Waals surface area contributed by atoms with Crippen molar-refractivity contribution in [2.24, 2.45) is 0 Å². The number of hydrogen-bond acceptors (Lipinski definition) is 3. The number of halogens is 2. The van der Waals surface area contributed by atoms with Crippen molar-refractivity contribution >= 4 is 12.6 Å². The summed E-state index contributed by atoms with van der Waals surface area (Å²) in [5.41, 5.74) is 0. The zero-order valence-corrected chi connectivity index (χ0v) is 24.0. The third kappa shape index (κ3) is 19.3. The number of hydrogen-bond donors (Lipinski definition) is 1. The fraction of sp³-hybridized carbons (Fsp3) is 0.269. The van der Waals surface area contributed by atoms with E-state index in [9.17, 15) is 8.78 Å². The van der Waals surface area contributed by atoms with Gasteiger partial charge in [0.25, 0.3) is 0 Å². The van der Waals surface area contributed by atoms with Crippen molar-refractivity contribution in [3.8, 4) is 11.5 Å². The zero-order valence-electron chi connectivity index (χ0n) is 20.3. The Kier molecular flexibility index (Phi) is 30.6. The maximum absolute atomic E-state index is 12.3. The average molecular weight is 541 g/mol. The number of fused-ring (bicyclic) bond motifs is 1. The van der Waals surface area contributed by atoms with Gasteiger partial charge in [-0.3, -0.25) is 0 Å². The summed E-state index contributed by atoms with van der Waals surface area (Å²) in [6, 6.07) is 27.8. The Morgan fingerprint density at radius 3 is 1.06 bits per heavy atom. The minimum atomic E-state index is -3.50. The normalized spacial score (nSPS) is 10.3. The maximum Gasteiger partial charge on any atom is 0.586 e. The van der Waals surface area contributed by atoms with Crippen molar-refractivity contribution in [1.29, 1.82) is 0 Å². The van der Waals surface area contributed by atoms with Crippen LogP contribution in [0.2, 0.25) is 0 Å². The third-order valence-corrected chi connectivity index (χ3v) is 3.03. The van der Waals surface area contributed by atoms with E-state index in [-0.39, 0.29) is 51.6 Å². The van der Waals surface area contributed by atoms with Gasteiger partial charge in [0.2, 0.25) is 0 Å². The van der Waals surface area contributed by atoms with Gasteiger partial charge >= 0.3 is 6.29 Å². The molecular formula is C26H37F2O2SY-. The molecule has 0 atom stereocenters. The Balaban J connectivity index is -0.000000166. The summed E-state index contributed by atoms with van der Waals surface area (Å²) in [6.07, 6.45) is -3.50. The third-order valence-electron chi connectivity index (χ3n) is 2.73. The molecule has 6 heteroatoms. The van der Waals surface area contributed by atoms with Crippen LogP contribution < -0.4 is 9.47 Å². The van der Waals surface area contributed by atoms with Crippen molar-refractivity contribution in [3.05, 3.63) is 98.4 Å². The number of thiol groups is 1. The van der Waals surface area contributed by atoms with Gasteiger partial charge < -0.3 is 16.9 Å². The molecule has 0 unspecified atom stereocenters. The van der Waals surface area contributed by atoms with Crippen LogP contribution >= 0.6 is 12.6 Å². The first kappa shape index (κ1) is 37.9. The van der Waals surface area contributed by atoms with Crippen LogP contribution in [0.5, 0.6) is 11.5 Å². The second-order valence-corrected chi connectivity index (χ2v) is 5.12. The molecule has 0 bridgehead atoms. The summed E-state index contributed by atoms with van der Waals surface area (Å²) >= 11 is 4.08. The van der Waals surface area contributed by atoms with Gasteiger partial charge in [0.15, 0.2) is 11.5 Å². The van der Waals surface area contributed by atoms with E-state index in [1.54, 1.807) is 12.1 Å². The first-order valence-corrected chi connectivity index (χ1v) is 10.6. The van der Waals surface area contributed by atoms with E-state index >= 15 is 0 Å². The summed E-state index contributed by atoms with van der Waals surface area (Å²) in [5, 5.41) is 0. The molecule has 0 aromatic heterocycles. The molecule has 0 saturated heterocycles. The summed E-state index contributed by atoms with van der Waals surface area (Å²) in [4.78, 5) is 1.02. The predicted molar refractivity (Wildman–Crippen MR) is 133 cm³/mol. The smallest absolute Gasteiger partial charge is 0.395 e. The first-order chi connectivity index (χ1) is 14.6. The quantitative estimate of drug-likeness (QED) is 0.226. The van der Waals surface area contributed by atoms with Crippen molar-refractivity contribution in [3.63, 3.8) is 0 Å². The van der Waals surface area contributed by atoms with Gasteiger partial charge in [0.1, 0.15) is 0 Å². The summed E-state index contributed by atoms with van der Waals surface area (Å²) < 4.78 is 32.9. The SMILES string of the molecule is CC.CC.CC.FC1(F)Oc2ccccc2O1.Sc1ccccc1.[CH3-].[Y].c1ccccc1. The van der Waals surface area contributed by atoms with Gasteiger partial charge in [-0.1, -0.05) is 108 Å². The molecule has 0 aliphatic carbocycles. The molecule has 0 amide bonds. The summed E-state index contributed by atoms with van der Waals surface area (Å²) in [7, 11) is 0. The fourth-order valence-corrected chi connectivity index (χ4v) is 1.88. The fourth-order valence-electron chi connectivity index (χ4n) is 1.71. The molecule has 3 aromatic rings. The van der Waals surface area contributed by atoms with E-state index in [2.05, 4.69) is 22.1 Å². The number of ether oxygens (including phenoxy) is 2. The number of rotatable bonds is 0. The standard InChI is InChI=1S/C7H4F2O2.C6H6S.C6H6.3C2H6.CH3.Y/c8-7(9)10-5-3-1-2-4-6(5)11-7;7-6-4-2-1-3-5-6;1-2-4-6-5-3-1;3*1-2;;/h1-4H;1-5,7H;1-6H;3*1-2H3;1H3;/q;;;;;;-1;. The topological polar surface area (TPSA) is 18.5 Å². The molecule has 1 heterocycles. The van der Waals surface area contributed by atoms with Crippen LogP contribution in [0.3, 0.4) is 0 Å². The molecule has 0 fully saturated rings. The van der Waals surface area contributed by atoms with Crippen LogP contribution in [0, 0.1) is 7.43 Å².